The number of amides is 1. The van der Waals surface area contributed by atoms with Crippen LogP contribution in [0.15, 0.2) is 42.5 Å². The van der Waals surface area contributed by atoms with E-state index in [4.69, 9.17) is 9.47 Å². The number of carbonyl (C=O) groups excluding carboxylic acids is 1. The summed E-state index contributed by atoms with van der Waals surface area (Å²) in [6.45, 7) is 6.18. The highest BCUT2D eigenvalue weighted by atomic mass is 32.2. The normalized spacial score (nSPS) is 14.1. The SMILES string of the molecule is CCOc1ccc(OCC(=O)Nc2c3c(nn2-c2ccc(C)cc2C)CS(=O)(=O)C3)cc1. The van der Waals surface area contributed by atoms with Crippen LogP contribution in [0.1, 0.15) is 29.3 Å². The summed E-state index contributed by atoms with van der Waals surface area (Å²) in [7, 11) is -3.27. The van der Waals surface area contributed by atoms with Gasteiger partial charge >= 0.3 is 0 Å². The smallest absolute Gasteiger partial charge is 0.263 e. The van der Waals surface area contributed by atoms with Crippen LogP contribution in [-0.2, 0) is 26.1 Å². The first-order valence-electron chi connectivity index (χ1n) is 10.3. The predicted molar refractivity (Wildman–Crippen MR) is 121 cm³/mol. The van der Waals surface area contributed by atoms with Gasteiger partial charge in [-0.15, -0.1) is 0 Å². The molecular formula is C23H25N3O5S. The van der Waals surface area contributed by atoms with Crippen molar-refractivity contribution in [3.63, 3.8) is 0 Å². The molecule has 0 unspecified atom stereocenters. The highest BCUT2D eigenvalue weighted by Gasteiger charge is 2.33. The lowest BCUT2D eigenvalue weighted by Crippen LogP contribution is -2.23. The van der Waals surface area contributed by atoms with Gasteiger partial charge in [-0.3, -0.25) is 4.79 Å². The van der Waals surface area contributed by atoms with Gasteiger partial charge in [-0.1, -0.05) is 17.7 Å². The van der Waals surface area contributed by atoms with Crippen molar-refractivity contribution in [2.45, 2.75) is 32.3 Å². The minimum absolute atomic E-state index is 0.133. The third-order valence-electron chi connectivity index (χ3n) is 5.13. The number of nitrogens with one attached hydrogen (secondary N) is 1. The van der Waals surface area contributed by atoms with Crippen molar-refractivity contribution < 1.29 is 22.7 Å². The summed E-state index contributed by atoms with van der Waals surface area (Å²) in [5.41, 5.74) is 3.84. The molecule has 0 atom stereocenters. The van der Waals surface area contributed by atoms with Gasteiger partial charge in [-0.25, -0.2) is 13.1 Å². The standard InChI is InChI=1S/C23H25N3O5S/c1-4-30-17-6-8-18(9-7-17)31-12-22(27)24-23-19-13-32(28,29)14-20(19)25-26(23)21-10-5-15(2)11-16(21)3/h5-11H,4,12-14H2,1-3H3,(H,24,27). The number of hydrogen-bond donors (Lipinski definition) is 1. The zero-order valence-electron chi connectivity index (χ0n) is 18.2. The van der Waals surface area contributed by atoms with E-state index < -0.39 is 15.7 Å². The van der Waals surface area contributed by atoms with Crippen LogP contribution in [0.2, 0.25) is 0 Å². The van der Waals surface area contributed by atoms with Crippen LogP contribution >= 0.6 is 0 Å². The average Bonchev–Trinajstić information content (AvgIpc) is 3.20. The monoisotopic (exact) mass is 455 g/mol. The Morgan fingerprint density at radius 2 is 1.75 bits per heavy atom. The van der Waals surface area contributed by atoms with Gasteiger partial charge < -0.3 is 14.8 Å². The Hall–Kier alpha value is -3.33. The molecule has 2 aromatic carbocycles. The van der Waals surface area contributed by atoms with Gasteiger partial charge in [0.2, 0.25) is 0 Å². The third kappa shape index (κ3) is 4.62. The largest absolute Gasteiger partial charge is 0.494 e. The molecule has 4 rings (SSSR count). The number of benzene rings is 2. The van der Waals surface area contributed by atoms with Crippen molar-refractivity contribution >= 4 is 21.6 Å². The van der Waals surface area contributed by atoms with Gasteiger partial charge in [-0.05, 0) is 56.7 Å². The number of carbonyl (C=O) groups is 1. The molecular weight excluding hydrogens is 430 g/mol. The molecule has 168 valence electrons. The molecule has 1 N–H and O–H groups in total. The molecule has 1 aliphatic rings. The number of sulfone groups is 1. The van der Waals surface area contributed by atoms with Crippen molar-refractivity contribution in [2.75, 3.05) is 18.5 Å². The number of anilines is 1. The summed E-state index contributed by atoms with van der Waals surface area (Å²) in [5.74, 6) is 0.928. The second-order valence-corrected chi connectivity index (χ2v) is 9.81. The number of aromatic nitrogens is 2. The molecule has 1 amide bonds. The van der Waals surface area contributed by atoms with Gasteiger partial charge in [0.05, 0.1) is 29.5 Å². The summed E-state index contributed by atoms with van der Waals surface area (Å²) in [6, 6.07) is 12.9. The van der Waals surface area contributed by atoms with Gasteiger partial charge in [0.15, 0.2) is 16.4 Å². The van der Waals surface area contributed by atoms with Gasteiger partial charge in [-0.2, -0.15) is 5.10 Å². The lowest BCUT2D eigenvalue weighted by atomic mass is 10.1. The van der Waals surface area contributed by atoms with E-state index in [2.05, 4.69) is 10.4 Å². The van der Waals surface area contributed by atoms with Gasteiger partial charge in [0.1, 0.15) is 17.3 Å². The highest BCUT2D eigenvalue weighted by Crippen LogP contribution is 2.33. The third-order valence-corrected chi connectivity index (χ3v) is 6.57. The maximum absolute atomic E-state index is 12.7. The molecule has 0 spiro atoms. The molecule has 3 aromatic rings. The highest BCUT2D eigenvalue weighted by molar-refractivity contribution is 7.90. The Labute approximate surface area is 187 Å². The number of ether oxygens (including phenoxy) is 2. The molecule has 0 saturated carbocycles. The van der Waals surface area contributed by atoms with E-state index >= 15 is 0 Å². The number of rotatable bonds is 7. The lowest BCUT2D eigenvalue weighted by Gasteiger charge is -2.14. The van der Waals surface area contributed by atoms with Crippen LogP contribution in [0, 0.1) is 13.8 Å². The Morgan fingerprint density at radius 1 is 1.06 bits per heavy atom. The number of hydrogen-bond acceptors (Lipinski definition) is 6. The number of fused-ring (bicyclic) bond motifs is 1. The number of nitrogens with zero attached hydrogens (tertiary/aromatic N) is 2. The van der Waals surface area contributed by atoms with Gasteiger partial charge in [0, 0.05) is 5.56 Å². The first-order valence-corrected chi connectivity index (χ1v) is 12.1. The van der Waals surface area contributed by atoms with Crippen molar-refractivity contribution in [1.82, 2.24) is 9.78 Å². The fourth-order valence-corrected chi connectivity index (χ4v) is 5.20. The topological polar surface area (TPSA) is 99.5 Å². The molecule has 0 fully saturated rings. The van der Waals surface area contributed by atoms with E-state index in [1.165, 1.54) is 0 Å². The van der Waals surface area contributed by atoms with Crippen LogP contribution in [0.3, 0.4) is 0 Å². The Balaban J connectivity index is 1.56. The Morgan fingerprint density at radius 3 is 2.41 bits per heavy atom. The fourth-order valence-electron chi connectivity index (χ4n) is 3.70. The maximum atomic E-state index is 12.7. The molecule has 32 heavy (non-hydrogen) atoms. The quantitative estimate of drug-likeness (QED) is 0.587. The van der Waals surface area contributed by atoms with E-state index in [1.54, 1.807) is 28.9 Å². The van der Waals surface area contributed by atoms with Crippen LogP contribution in [-0.4, -0.2) is 37.3 Å². The fraction of sp³-hybridized carbons (Fsp3) is 0.304. The van der Waals surface area contributed by atoms with E-state index in [1.807, 2.05) is 39.0 Å². The summed E-state index contributed by atoms with van der Waals surface area (Å²) in [5, 5.41) is 7.33. The molecule has 0 radical (unpaired) electrons. The van der Waals surface area contributed by atoms with Crippen molar-refractivity contribution in [3.8, 4) is 17.2 Å². The molecule has 0 saturated heterocycles. The Kier molecular flexibility index (Phi) is 5.92. The molecule has 2 heterocycles. The minimum Gasteiger partial charge on any atom is -0.494 e. The van der Waals surface area contributed by atoms with Crippen LogP contribution < -0.4 is 14.8 Å². The van der Waals surface area contributed by atoms with Crippen molar-refractivity contribution in [3.05, 3.63) is 64.8 Å². The minimum atomic E-state index is -3.27. The molecule has 0 aliphatic carbocycles. The predicted octanol–water partition coefficient (Wildman–Crippen LogP) is 3.33. The number of aryl methyl sites for hydroxylation is 2. The molecule has 0 bridgehead atoms. The summed E-state index contributed by atoms with van der Waals surface area (Å²) in [6.07, 6.45) is 0. The zero-order valence-corrected chi connectivity index (χ0v) is 19.0. The first-order chi connectivity index (χ1) is 15.3. The Bertz CT molecular complexity index is 1260. The summed E-state index contributed by atoms with van der Waals surface area (Å²) < 4.78 is 36.9. The second-order valence-electron chi connectivity index (χ2n) is 7.75. The van der Waals surface area contributed by atoms with Crippen LogP contribution in [0.5, 0.6) is 11.5 Å². The first kappa shape index (κ1) is 21.9. The van der Waals surface area contributed by atoms with Crippen LogP contribution in [0.4, 0.5) is 5.82 Å². The molecule has 9 heteroatoms. The van der Waals surface area contributed by atoms with E-state index in [-0.39, 0.29) is 18.1 Å². The lowest BCUT2D eigenvalue weighted by molar-refractivity contribution is -0.118. The summed E-state index contributed by atoms with van der Waals surface area (Å²) in [4.78, 5) is 12.7. The zero-order chi connectivity index (χ0) is 22.9. The molecule has 8 nitrogen and oxygen atoms in total. The van der Waals surface area contributed by atoms with E-state index in [0.29, 0.717) is 29.4 Å². The average molecular weight is 456 g/mol. The van der Waals surface area contributed by atoms with E-state index in [9.17, 15) is 13.2 Å². The second kappa shape index (κ2) is 8.66. The molecule has 1 aromatic heterocycles. The van der Waals surface area contributed by atoms with Crippen molar-refractivity contribution in [2.24, 2.45) is 0 Å². The van der Waals surface area contributed by atoms with Crippen LogP contribution in [0.25, 0.3) is 5.69 Å². The molecule has 1 aliphatic heterocycles. The van der Waals surface area contributed by atoms with Crippen molar-refractivity contribution in [1.29, 1.82) is 0 Å². The summed E-state index contributed by atoms with van der Waals surface area (Å²) >= 11 is 0. The van der Waals surface area contributed by atoms with Gasteiger partial charge in [0.25, 0.3) is 5.91 Å². The van der Waals surface area contributed by atoms with E-state index in [0.717, 1.165) is 22.6 Å². The maximum Gasteiger partial charge on any atom is 0.263 e.